The van der Waals surface area contributed by atoms with Gasteiger partial charge in [-0.15, -0.1) is 0 Å². The molecule has 1 aliphatic rings. The van der Waals surface area contributed by atoms with Crippen molar-refractivity contribution in [3.63, 3.8) is 0 Å². The van der Waals surface area contributed by atoms with Crippen molar-refractivity contribution in [3.05, 3.63) is 101 Å². The van der Waals surface area contributed by atoms with Gasteiger partial charge in [-0.1, -0.05) is 48.5 Å². The number of carbonyl (C=O) groups is 1. The van der Waals surface area contributed by atoms with Crippen LogP contribution in [0.5, 0.6) is 11.5 Å². The van der Waals surface area contributed by atoms with Crippen LogP contribution < -0.4 is 9.47 Å². The third-order valence-electron chi connectivity index (χ3n) is 6.01. The van der Waals surface area contributed by atoms with Gasteiger partial charge in [0.2, 0.25) is 0 Å². The summed E-state index contributed by atoms with van der Waals surface area (Å²) in [6.45, 7) is 2.99. The highest BCUT2D eigenvalue weighted by molar-refractivity contribution is 6.07. The number of para-hydroxylation sites is 1. The van der Waals surface area contributed by atoms with Gasteiger partial charge in [-0.2, -0.15) is 0 Å². The second kappa shape index (κ2) is 10.4. The smallest absolute Gasteiger partial charge is 0.339 e. The fraction of sp³-hybridized carbons (Fsp3) is 0.200. The van der Waals surface area contributed by atoms with Crippen LogP contribution >= 0.6 is 0 Å². The molecule has 0 saturated heterocycles. The van der Waals surface area contributed by atoms with Crippen LogP contribution in [0.2, 0.25) is 0 Å². The van der Waals surface area contributed by atoms with Crippen molar-refractivity contribution in [1.82, 2.24) is 4.98 Å². The van der Waals surface area contributed by atoms with Crippen molar-refractivity contribution >= 4 is 28.5 Å². The number of allylic oxidation sites excluding steroid dienone is 1. The SMILES string of the molecule is CCOc1ccc(OCCOC(=O)c2c3c(nc4ccccc24)C(=Cc2ccccc2)CC3)cc1. The van der Waals surface area contributed by atoms with Gasteiger partial charge in [0.1, 0.15) is 24.7 Å². The Kier molecular flexibility index (Phi) is 6.75. The van der Waals surface area contributed by atoms with E-state index in [1.807, 2.05) is 73.7 Å². The van der Waals surface area contributed by atoms with Crippen LogP contribution in [0, 0.1) is 0 Å². The van der Waals surface area contributed by atoms with E-state index in [0.717, 1.165) is 51.9 Å². The van der Waals surface area contributed by atoms with E-state index in [9.17, 15) is 4.79 Å². The Balaban J connectivity index is 1.34. The van der Waals surface area contributed by atoms with E-state index in [0.29, 0.717) is 17.9 Å². The van der Waals surface area contributed by atoms with E-state index in [4.69, 9.17) is 19.2 Å². The molecule has 0 amide bonds. The minimum absolute atomic E-state index is 0.157. The Morgan fingerprint density at radius 3 is 2.34 bits per heavy atom. The predicted octanol–water partition coefficient (Wildman–Crippen LogP) is 6.36. The lowest BCUT2D eigenvalue weighted by molar-refractivity contribution is 0.0451. The molecule has 5 rings (SSSR count). The standard InChI is InChI=1S/C30H27NO4/c1-2-33-23-13-15-24(16-14-23)34-18-19-35-30(32)28-25-10-6-7-11-27(25)31-29-22(12-17-26(28)29)20-21-8-4-3-5-9-21/h3-11,13-16,20H,2,12,17-19H2,1H3. The van der Waals surface area contributed by atoms with Gasteiger partial charge in [-0.25, -0.2) is 9.78 Å². The summed E-state index contributed by atoms with van der Waals surface area (Å²) < 4.78 is 16.8. The second-order valence-corrected chi connectivity index (χ2v) is 8.30. The molecule has 0 spiro atoms. The summed E-state index contributed by atoms with van der Waals surface area (Å²) in [5.41, 5.74) is 5.53. The molecule has 1 aliphatic carbocycles. The summed E-state index contributed by atoms with van der Waals surface area (Å²) in [5, 5.41) is 0.824. The van der Waals surface area contributed by atoms with Crippen LogP contribution in [0.4, 0.5) is 0 Å². The summed E-state index contributed by atoms with van der Waals surface area (Å²) in [6.07, 6.45) is 3.76. The predicted molar refractivity (Wildman–Crippen MR) is 138 cm³/mol. The summed E-state index contributed by atoms with van der Waals surface area (Å²) in [7, 11) is 0. The van der Waals surface area contributed by atoms with Crippen LogP contribution in [0.3, 0.4) is 0 Å². The molecule has 5 heteroatoms. The van der Waals surface area contributed by atoms with Crippen molar-refractivity contribution in [2.45, 2.75) is 19.8 Å². The number of rotatable bonds is 8. The summed E-state index contributed by atoms with van der Waals surface area (Å²) in [6, 6.07) is 25.4. The van der Waals surface area contributed by atoms with E-state index in [1.54, 1.807) is 0 Å². The highest BCUT2D eigenvalue weighted by atomic mass is 16.6. The van der Waals surface area contributed by atoms with Crippen molar-refractivity contribution in [2.24, 2.45) is 0 Å². The van der Waals surface area contributed by atoms with Gasteiger partial charge in [-0.3, -0.25) is 0 Å². The summed E-state index contributed by atoms with van der Waals surface area (Å²) in [5.74, 6) is 1.16. The molecule has 0 atom stereocenters. The van der Waals surface area contributed by atoms with Crippen LogP contribution in [0.25, 0.3) is 22.6 Å². The first-order chi connectivity index (χ1) is 17.2. The maximum atomic E-state index is 13.3. The first kappa shape index (κ1) is 22.7. The quantitative estimate of drug-likeness (QED) is 0.224. The lowest BCUT2D eigenvalue weighted by Gasteiger charge is -2.13. The monoisotopic (exact) mass is 465 g/mol. The molecule has 5 nitrogen and oxygen atoms in total. The molecule has 0 unspecified atom stereocenters. The van der Waals surface area contributed by atoms with E-state index in [1.165, 1.54) is 0 Å². The fourth-order valence-corrected chi connectivity index (χ4v) is 4.43. The number of esters is 1. The number of nitrogens with zero attached hydrogens (tertiary/aromatic N) is 1. The van der Waals surface area contributed by atoms with Crippen LogP contribution in [0.1, 0.15) is 40.5 Å². The van der Waals surface area contributed by atoms with Crippen molar-refractivity contribution in [1.29, 1.82) is 0 Å². The first-order valence-corrected chi connectivity index (χ1v) is 11.9. The maximum absolute atomic E-state index is 13.3. The highest BCUT2D eigenvalue weighted by Crippen LogP contribution is 2.37. The van der Waals surface area contributed by atoms with Gasteiger partial charge in [-0.05, 0) is 72.9 Å². The van der Waals surface area contributed by atoms with Gasteiger partial charge in [0.15, 0.2) is 0 Å². The van der Waals surface area contributed by atoms with Gasteiger partial charge in [0, 0.05) is 5.39 Å². The lowest BCUT2D eigenvalue weighted by atomic mass is 10.0. The van der Waals surface area contributed by atoms with E-state index >= 15 is 0 Å². The van der Waals surface area contributed by atoms with Gasteiger partial charge in [0.25, 0.3) is 0 Å². The summed E-state index contributed by atoms with van der Waals surface area (Å²) in [4.78, 5) is 18.2. The largest absolute Gasteiger partial charge is 0.494 e. The molecular weight excluding hydrogens is 438 g/mol. The number of carbonyl (C=O) groups excluding carboxylic acids is 1. The third-order valence-corrected chi connectivity index (χ3v) is 6.01. The highest BCUT2D eigenvalue weighted by Gasteiger charge is 2.27. The number of pyridine rings is 1. The van der Waals surface area contributed by atoms with Crippen molar-refractivity contribution in [2.75, 3.05) is 19.8 Å². The molecule has 0 bridgehead atoms. The van der Waals surface area contributed by atoms with Crippen molar-refractivity contribution < 1.29 is 19.0 Å². The molecule has 0 N–H and O–H groups in total. The normalized spacial score (nSPS) is 13.6. The third kappa shape index (κ3) is 5.04. The van der Waals surface area contributed by atoms with Crippen LogP contribution in [-0.4, -0.2) is 30.8 Å². The minimum Gasteiger partial charge on any atom is -0.494 e. The number of hydrogen-bond acceptors (Lipinski definition) is 5. The first-order valence-electron chi connectivity index (χ1n) is 11.9. The number of hydrogen-bond donors (Lipinski definition) is 0. The van der Waals surface area contributed by atoms with Gasteiger partial charge in [0.05, 0.1) is 23.4 Å². The minimum atomic E-state index is -0.337. The number of benzene rings is 3. The second-order valence-electron chi connectivity index (χ2n) is 8.30. The number of fused-ring (bicyclic) bond motifs is 2. The molecule has 3 aromatic carbocycles. The molecule has 35 heavy (non-hydrogen) atoms. The summed E-state index contributed by atoms with van der Waals surface area (Å²) >= 11 is 0. The van der Waals surface area contributed by atoms with E-state index in [2.05, 4.69) is 18.2 Å². The Morgan fingerprint density at radius 1 is 0.857 bits per heavy atom. The molecule has 4 aromatic rings. The van der Waals surface area contributed by atoms with Gasteiger partial charge >= 0.3 is 5.97 Å². The molecule has 1 heterocycles. The molecule has 0 aliphatic heterocycles. The van der Waals surface area contributed by atoms with E-state index < -0.39 is 0 Å². The number of aromatic nitrogens is 1. The Morgan fingerprint density at radius 2 is 1.57 bits per heavy atom. The maximum Gasteiger partial charge on any atom is 0.339 e. The van der Waals surface area contributed by atoms with Gasteiger partial charge < -0.3 is 14.2 Å². The van der Waals surface area contributed by atoms with E-state index in [-0.39, 0.29) is 19.2 Å². The average molecular weight is 466 g/mol. The zero-order valence-corrected chi connectivity index (χ0v) is 19.7. The zero-order chi connectivity index (χ0) is 24.0. The number of ether oxygens (including phenoxy) is 3. The van der Waals surface area contributed by atoms with Crippen molar-refractivity contribution in [3.8, 4) is 11.5 Å². The Bertz CT molecular complexity index is 1360. The topological polar surface area (TPSA) is 57.7 Å². The zero-order valence-electron chi connectivity index (χ0n) is 19.7. The van der Waals surface area contributed by atoms with Crippen LogP contribution in [-0.2, 0) is 11.2 Å². The Labute approximate surface area is 205 Å². The molecule has 1 aromatic heterocycles. The lowest BCUT2D eigenvalue weighted by Crippen LogP contribution is -2.15. The Hall–Kier alpha value is -4.12. The molecule has 0 fully saturated rings. The molecule has 0 saturated carbocycles. The van der Waals surface area contributed by atoms with Crippen LogP contribution in [0.15, 0.2) is 78.9 Å². The average Bonchev–Trinajstić information content (AvgIpc) is 3.28. The molecular formula is C30H27NO4. The molecule has 176 valence electrons. The fourth-order valence-electron chi connectivity index (χ4n) is 4.43. The molecule has 0 radical (unpaired) electrons.